The minimum Gasteiger partial charge on any atom is -0.464 e. The molecule has 0 bridgehead atoms. The molecule has 3 rings (SSSR count). The number of carbonyl (C=O) groups excluding carboxylic acids is 1. The third-order valence-electron chi connectivity index (χ3n) is 4.25. The Morgan fingerprint density at radius 2 is 2.08 bits per heavy atom. The molecule has 1 aromatic rings. The molecule has 1 heterocycles. The van der Waals surface area contributed by atoms with Crippen LogP contribution in [0, 0.1) is 5.41 Å². The van der Waals surface area contributed by atoms with Gasteiger partial charge < -0.3 is 4.74 Å². The van der Waals surface area contributed by atoms with Gasteiger partial charge in [-0.3, -0.25) is 9.98 Å². The molecule has 1 aromatic carbocycles. The maximum Gasteiger partial charge on any atom is 0.331 e. The number of esters is 1. The number of fused-ring (bicyclic) bond motifs is 1. The highest BCUT2D eigenvalue weighted by Crippen LogP contribution is 2.40. The normalized spacial score (nSPS) is 27.3. The van der Waals surface area contributed by atoms with E-state index in [9.17, 15) is 4.79 Å². The zero-order valence-corrected chi connectivity index (χ0v) is 15.3. The smallest absolute Gasteiger partial charge is 0.331 e. The summed E-state index contributed by atoms with van der Waals surface area (Å²) in [7, 11) is 0. The number of rotatable bonds is 3. The van der Waals surface area contributed by atoms with Crippen LogP contribution < -0.4 is 0 Å². The fraction of sp³-hybridized carbons (Fsp3) is 0.526. The van der Waals surface area contributed by atoms with Crippen molar-refractivity contribution >= 4 is 34.8 Å². The number of aliphatic imine (C=N–C) groups is 2. The topological polar surface area (TPSA) is 51.0 Å². The van der Waals surface area contributed by atoms with Gasteiger partial charge in [-0.15, -0.1) is 11.8 Å². The lowest BCUT2D eigenvalue weighted by atomic mass is 9.75. The first-order valence-corrected chi connectivity index (χ1v) is 9.51. The second-order valence-electron chi connectivity index (χ2n) is 7.06. The van der Waals surface area contributed by atoms with E-state index in [0.29, 0.717) is 12.4 Å². The molecule has 1 aliphatic carbocycles. The van der Waals surface area contributed by atoms with Crippen LogP contribution in [0.2, 0.25) is 0 Å². The minimum absolute atomic E-state index is 0.111. The SMILES string of the molecule is CCOC(=O)C1CSC2C(=Nc3ccccc3)CC(C)(C)CC2=N1. The fourth-order valence-electron chi connectivity index (χ4n) is 3.28. The lowest BCUT2D eigenvalue weighted by Crippen LogP contribution is -2.44. The summed E-state index contributed by atoms with van der Waals surface area (Å²) in [6.45, 7) is 6.72. The number of para-hydroxylation sites is 1. The predicted octanol–water partition coefficient (Wildman–Crippen LogP) is 4.07. The summed E-state index contributed by atoms with van der Waals surface area (Å²) in [5.74, 6) is 0.460. The second kappa shape index (κ2) is 7.09. The van der Waals surface area contributed by atoms with E-state index < -0.39 is 0 Å². The Balaban J connectivity index is 1.90. The van der Waals surface area contributed by atoms with Gasteiger partial charge in [-0.1, -0.05) is 32.0 Å². The highest BCUT2D eigenvalue weighted by atomic mass is 32.2. The van der Waals surface area contributed by atoms with Crippen molar-refractivity contribution in [2.75, 3.05) is 12.4 Å². The van der Waals surface area contributed by atoms with E-state index in [4.69, 9.17) is 14.7 Å². The number of ether oxygens (including phenoxy) is 1. The number of benzene rings is 1. The monoisotopic (exact) mass is 344 g/mol. The van der Waals surface area contributed by atoms with Crippen LogP contribution in [-0.4, -0.2) is 41.0 Å². The predicted molar refractivity (Wildman–Crippen MR) is 101 cm³/mol. The Labute approximate surface area is 147 Å². The summed E-state index contributed by atoms with van der Waals surface area (Å²) in [5.41, 5.74) is 3.36. The highest BCUT2D eigenvalue weighted by Gasteiger charge is 2.40. The van der Waals surface area contributed by atoms with E-state index in [2.05, 4.69) is 13.8 Å². The molecule has 0 spiro atoms. The standard InChI is InChI=1S/C19H24N2O2S/c1-4-23-18(22)16-12-24-17-14(20-13-8-6-5-7-9-13)10-19(2,3)11-15(17)21-16/h5-9,16-17H,4,10-12H2,1-3H3. The molecule has 0 radical (unpaired) electrons. The summed E-state index contributed by atoms with van der Waals surface area (Å²) >= 11 is 1.78. The van der Waals surface area contributed by atoms with Crippen molar-refractivity contribution in [1.29, 1.82) is 0 Å². The number of hydrogen-bond acceptors (Lipinski definition) is 5. The molecule has 0 saturated heterocycles. The lowest BCUT2D eigenvalue weighted by Gasteiger charge is -2.39. The van der Waals surface area contributed by atoms with Crippen LogP contribution in [0.15, 0.2) is 40.3 Å². The van der Waals surface area contributed by atoms with E-state index in [0.717, 1.165) is 24.2 Å². The molecular formula is C19H24N2O2S. The van der Waals surface area contributed by atoms with Crippen molar-refractivity contribution in [2.45, 2.75) is 44.9 Å². The average Bonchev–Trinajstić information content (AvgIpc) is 2.54. The largest absolute Gasteiger partial charge is 0.464 e. The van der Waals surface area contributed by atoms with Gasteiger partial charge in [0, 0.05) is 17.2 Å². The molecule has 5 heteroatoms. The van der Waals surface area contributed by atoms with Crippen molar-refractivity contribution in [2.24, 2.45) is 15.4 Å². The van der Waals surface area contributed by atoms with Gasteiger partial charge in [0.05, 0.1) is 17.5 Å². The van der Waals surface area contributed by atoms with Crippen LogP contribution in [0.25, 0.3) is 0 Å². The molecule has 1 fully saturated rings. The molecule has 1 aliphatic heterocycles. The number of nitrogens with zero attached hydrogens (tertiary/aromatic N) is 2. The molecule has 128 valence electrons. The van der Waals surface area contributed by atoms with Gasteiger partial charge >= 0.3 is 5.97 Å². The first kappa shape index (κ1) is 17.2. The molecule has 2 atom stereocenters. The molecule has 0 amide bonds. The summed E-state index contributed by atoms with van der Waals surface area (Å²) in [5, 5.41) is 0.198. The molecular weight excluding hydrogens is 320 g/mol. The zero-order chi connectivity index (χ0) is 17.2. The van der Waals surface area contributed by atoms with Gasteiger partial charge in [-0.2, -0.15) is 0 Å². The zero-order valence-electron chi connectivity index (χ0n) is 14.5. The Morgan fingerprint density at radius 1 is 1.33 bits per heavy atom. The van der Waals surface area contributed by atoms with Gasteiger partial charge in [-0.25, -0.2) is 4.79 Å². The maximum atomic E-state index is 12.0. The van der Waals surface area contributed by atoms with Crippen LogP contribution in [0.4, 0.5) is 5.69 Å². The van der Waals surface area contributed by atoms with Crippen molar-refractivity contribution in [3.63, 3.8) is 0 Å². The van der Waals surface area contributed by atoms with E-state index >= 15 is 0 Å². The summed E-state index contributed by atoms with van der Waals surface area (Å²) in [6.07, 6.45) is 1.87. The summed E-state index contributed by atoms with van der Waals surface area (Å²) in [4.78, 5) is 21.7. The van der Waals surface area contributed by atoms with Crippen LogP contribution in [0.3, 0.4) is 0 Å². The van der Waals surface area contributed by atoms with Crippen LogP contribution in [-0.2, 0) is 9.53 Å². The minimum atomic E-state index is -0.368. The van der Waals surface area contributed by atoms with Crippen LogP contribution in [0.5, 0.6) is 0 Å². The Hall–Kier alpha value is -1.62. The van der Waals surface area contributed by atoms with E-state index in [1.165, 1.54) is 5.71 Å². The van der Waals surface area contributed by atoms with E-state index in [1.807, 2.05) is 37.3 Å². The van der Waals surface area contributed by atoms with Crippen molar-refractivity contribution in [3.05, 3.63) is 30.3 Å². The van der Waals surface area contributed by atoms with Gasteiger partial charge in [0.2, 0.25) is 0 Å². The Morgan fingerprint density at radius 3 is 2.79 bits per heavy atom. The third-order valence-corrected chi connectivity index (χ3v) is 5.64. The number of carbonyl (C=O) groups is 1. The first-order chi connectivity index (χ1) is 11.5. The highest BCUT2D eigenvalue weighted by molar-refractivity contribution is 8.01. The van der Waals surface area contributed by atoms with Gasteiger partial charge in [-0.05, 0) is 37.3 Å². The van der Waals surface area contributed by atoms with E-state index in [-0.39, 0.29) is 22.7 Å². The maximum absolute atomic E-state index is 12.0. The van der Waals surface area contributed by atoms with Crippen molar-refractivity contribution < 1.29 is 9.53 Å². The van der Waals surface area contributed by atoms with Crippen molar-refractivity contribution in [3.8, 4) is 0 Å². The summed E-state index contributed by atoms with van der Waals surface area (Å²) < 4.78 is 5.15. The molecule has 0 aromatic heterocycles. The third kappa shape index (κ3) is 3.89. The molecule has 2 unspecified atom stereocenters. The van der Waals surface area contributed by atoms with Crippen molar-refractivity contribution in [1.82, 2.24) is 0 Å². The molecule has 4 nitrogen and oxygen atoms in total. The van der Waals surface area contributed by atoms with Gasteiger partial charge in [0.15, 0.2) is 6.04 Å². The van der Waals surface area contributed by atoms with Crippen LogP contribution in [0.1, 0.15) is 33.6 Å². The van der Waals surface area contributed by atoms with E-state index in [1.54, 1.807) is 11.8 Å². The first-order valence-electron chi connectivity index (χ1n) is 8.46. The molecule has 24 heavy (non-hydrogen) atoms. The fourth-order valence-corrected chi connectivity index (χ4v) is 4.53. The quantitative estimate of drug-likeness (QED) is 0.777. The van der Waals surface area contributed by atoms with Crippen LogP contribution >= 0.6 is 11.8 Å². The number of thioether (sulfide) groups is 1. The Kier molecular flexibility index (Phi) is 5.09. The Bertz CT molecular complexity index is 667. The van der Waals surface area contributed by atoms with Gasteiger partial charge in [0.1, 0.15) is 0 Å². The summed E-state index contributed by atoms with van der Waals surface area (Å²) in [6, 6.07) is 9.70. The molecule has 0 N–H and O–H groups in total. The average molecular weight is 344 g/mol. The second-order valence-corrected chi connectivity index (χ2v) is 8.20. The molecule has 2 aliphatic rings. The molecule has 1 saturated carbocycles. The van der Waals surface area contributed by atoms with Gasteiger partial charge in [0.25, 0.3) is 0 Å². The number of hydrogen-bond donors (Lipinski definition) is 0. The lowest BCUT2D eigenvalue weighted by molar-refractivity contribution is -0.144.